The highest BCUT2D eigenvalue weighted by atomic mass is 79.9. The van der Waals surface area contributed by atoms with Gasteiger partial charge in [0.2, 0.25) is 5.88 Å². The van der Waals surface area contributed by atoms with E-state index in [1.165, 1.54) is 0 Å². The second-order valence-electron chi connectivity index (χ2n) is 4.44. The molecule has 2 unspecified atom stereocenters. The molecule has 0 radical (unpaired) electrons. The second kappa shape index (κ2) is 5.15. The van der Waals surface area contributed by atoms with Gasteiger partial charge in [0.05, 0.1) is 0 Å². The van der Waals surface area contributed by atoms with Gasteiger partial charge in [-0.25, -0.2) is 4.98 Å². The minimum absolute atomic E-state index is 0.233. The molecule has 1 fully saturated rings. The first-order chi connectivity index (χ1) is 7.65. The van der Waals surface area contributed by atoms with Crippen molar-refractivity contribution < 1.29 is 4.74 Å². The Labute approximate surface area is 105 Å². The number of nitrogens with zero attached hydrogens (tertiary/aromatic N) is 1. The summed E-state index contributed by atoms with van der Waals surface area (Å²) in [5.41, 5.74) is 7.00. The average Bonchev–Trinajstić information content (AvgIpc) is 2.22. The lowest BCUT2D eigenvalue weighted by Gasteiger charge is -2.27. The zero-order valence-electron chi connectivity index (χ0n) is 9.45. The Morgan fingerprint density at radius 1 is 1.50 bits per heavy atom. The molecule has 1 heterocycles. The van der Waals surface area contributed by atoms with Crippen LogP contribution in [0.15, 0.2) is 16.7 Å². The van der Waals surface area contributed by atoms with Crippen molar-refractivity contribution >= 4 is 15.9 Å². The Morgan fingerprint density at radius 2 is 2.31 bits per heavy atom. The molecule has 2 atom stereocenters. The largest absolute Gasteiger partial charge is 0.474 e. The number of ether oxygens (including phenoxy) is 1. The van der Waals surface area contributed by atoms with Crippen LogP contribution < -0.4 is 10.5 Å². The van der Waals surface area contributed by atoms with Gasteiger partial charge >= 0.3 is 0 Å². The highest BCUT2D eigenvalue weighted by molar-refractivity contribution is 9.10. The SMILES string of the molecule is Cc1cc(Br)cnc1OC1CCCC(N)C1. The number of aromatic nitrogens is 1. The minimum atomic E-state index is 0.233. The van der Waals surface area contributed by atoms with E-state index in [0.29, 0.717) is 0 Å². The molecule has 88 valence electrons. The van der Waals surface area contributed by atoms with Crippen molar-refractivity contribution in [1.29, 1.82) is 0 Å². The molecule has 1 aromatic rings. The number of hydrogen-bond donors (Lipinski definition) is 1. The smallest absolute Gasteiger partial charge is 0.216 e. The van der Waals surface area contributed by atoms with Crippen LogP contribution in [0.1, 0.15) is 31.2 Å². The van der Waals surface area contributed by atoms with E-state index in [4.69, 9.17) is 10.5 Å². The Balaban J connectivity index is 2.02. The molecule has 0 aromatic carbocycles. The van der Waals surface area contributed by atoms with E-state index < -0.39 is 0 Å². The van der Waals surface area contributed by atoms with Gasteiger partial charge in [0.25, 0.3) is 0 Å². The van der Waals surface area contributed by atoms with Crippen LogP contribution in [0.3, 0.4) is 0 Å². The van der Waals surface area contributed by atoms with Crippen LogP contribution in [0.25, 0.3) is 0 Å². The first-order valence-electron chi connectivity index (χ1n) is 5.69. The van der Waals surface area contributed by atoms with Crippen LogP contribution in [-0.4, -0.2) is 17.1 Å². The van der Waals surface area contributed by atoms with E-state index >= 15 is 0 Å². The third-order valence-electron chi connectivity index (χ3n) is 2.94. The first-order valence-corrected chi connectivity index (χ1v) is 6.49. The van der Waals surface area contributed by atoms with E-state index in [1.807, 2.05) is 13.0 Å². The van der Waals surface area contributed by atoms with Crippen molar-refractivity contribution in [3.63, 3.8) is 0 Å². The van der Waals surface area contributed by atoms with Crippen LogP contribution >= 0.6 is 15.9 Å². The lowest BCUT2D eigenvalue weighted by Crippen LogP contribution is -2.34. The topological polar surface area (TPSA) is 48.1 Å². The van der Waals surface area contributed by atoms with Crippen molar-refractivity contribution in [2.75, 3.05) is 0 Å². The van der Waals surface area contributed by atoms with Crippen molar-refractivity contribution in [1.82, 2.24) is 4.98 Å². The third-order valence-corrected chi connectivity index (χ3v) is 3.38. The van der Waals surface area contributed by atoms with Crippen molar-refractivity contribution in [2.24, 2.45) is 5.73 Å². The summed E-state index contributed by atoms with van der Waals surface area (Å²) in [5.74, 6) is 0.738. The second-order valence-corrected chi connectivity index (χ2v) is 5.36. The Kier molecular flexibility index (Phi) is 3.82. The van der Waals surface area contributed by atoms with Crippen LogP contribution in [0.2, 0.25) is 0 Å². The monoisotopic (exact) mass is 284 g/mol. The van der Waals surface area contributed by atoms with Crippen LogP contribution in [0.4, 0.5) is 0 Å². The molecule has 1 aliphatic rings. The maximum absolute atomic E-state index is 5.93. The predicted molar refractivity (Wildman–Crippen MR) is 67.5 cm³/mol. The fourth-order valence-electron chi connectivity index (χ4n) is 2.10. The number of aryl methyl sites for hydroxylation is 1. The summed E-state index contributed by atoms with van der Waals surface area (Å²) >= 11 is 3.39. The van der Waals surface area contributed by atoms with Crippen LogP contribution in [0.5, 0.6) is 5.88 Å². The highest BCUT2D eigenvalue weighted by Crippen LogP contribution is 2.25. The third kappa shape index (κ3) is 2.95. The fraction of sp³-hybridized carbons (Fsp3) is 0.583. The van der Waals surface area contributed by atoms with E-state index in [-0.39, 0.29) is 12.1 Å². The summed E-state index contributed by atoms with van der Waals surface area (Å²) in [7, 11) is 0. The van der Waals surface area contributed by atoms with Gasteiger partial charge in [-0.2, -0.15) is 0 Å². The molecule has 0 aliphatic heterocycles. The quantitative estimate of drug-likeness (QED) is 0.909. The molecule has 0 spiro atoms. The molecule has 16 heavy (non-hydrogen) atoms. The molecule has 2 N–H and O–H groups in total. The zero-order valence-corrected chi connectivity index (χ0v) is 11.0. The van der Waals surface area contributed by atoms with Crippen LogP contribution in [-0.2, 0) is 0 Å². The van der Waals surface area contributed by atoms with Gasteiger partial charge < -0.3 is 10.5 Å². The standard InChI is InChI=1S/C12H17BrN2O/c1-8-5-9(13)7-15-12(8)16-11-4-2-3-10(14)6-11/h5,7,10-11H,2-4,6,14H2,1H3. The van der Waals surface area contributed by atoms with Gasteiger partial charge in [-0.1, -0.05) is 0 Å². The van der Waals surface area contributed by atoms with Crippen LogP contribution in [0, 0.1) is 6.92 Å². The van der Waals surface area contributed by atoms with Gasteiger partial charge in [-0.05, 0) is 54.6 Å². The van der Waals surface area contributed by atoms with Crippen molar-refractivity contribution in [3.05, 3.63) is 22.3 Å². The van der Waals surface area contributed by atoms with E-state index in [1.54, 1.807) is 6.20 Å². The maximum Gasteiger partial charge on any atom is 0.216 e. The van der Waals surface area contributed by atoms with Gasteiger partial charge in [-0.15, -0.1) is 0 Å². The summed E-state index contributed by atoms with van der Waals surface area (Å²) < 4.78 is 6.88. The molecular weight excluding hydrogens is 268 g/mol. The molecule has 0 amide bonds. The lowest BCUT2D eigenvalue weighted by molar-refractivity contribution is 0.137. The number of halogens is 1. The molecule has 2 rings (SSSR count). The van der Waals surface area contributed by atoms with Crippen molar-refractivity contribution in [2.45, 2.75) is 44.8 Å². The lowest BCUT2D eigenvalue weighted by atomic mass is 9.93. The van der Waals surface area contributed by atoms with Gasteiger partial charge in [0.15, 0.2) is 0 Å². The minimum Gasteiger partial charge on any atom is -0.474 e. The molecule has 3 nitrogen and oxygen atoms in total. The fourth-order valence-corrected chi connectivity index (χ4v) is 2.54. The van der Waals surface area contributed by atoms with E-state index in [9.17, 15) is 0 Å². The Morgan fingerprint density at radius 3 is 3.00 bits per heavy atom. The molecular formula is C12H17BrN2O. The molecule has 0 bridgehead atoms. The maximum atomic E-state index is 5.93. The van der Waals surface area contributed by atoms with Crippen molar-refractivity contribution in [3.8, 4) is 5.88 Å². The molecule has 1 aliphatic carbocycles. The highest BCUT2D eigenvalue weighted by Gasteiger charge is 2.21. The summed E-state index contributed by atoms with van der Waals surface area (Å²) in [6, 6.07) is 2.31. The predicted octanol–water partition coefficient (Wildman–Crippen LogP) is 2.80. The number of rotatable bonds is 2. The Hall–Kier alpha value is -0.610. The summed E-state index contributed by atoms with van der Waals surface area (Å²) in [4.78, 5) is 4.29. The summed E-state index contributed by atoms with van der Waals surface area (Å²) in [5, 5.41) is 0. The zero-order chi connectivity index (χ0) is 11.5. The average molecular weight is 285 g/mol. The Bertz CT molecular complexity index is 370. The molecule has 1 aromatic heterocycles. The van der Waals surface area contributed by atoms with Gasteiger partial charge in [0.1, 0.15) is 6.10 Å². The summed E-state index contributed by atoms with van der Waals surface area (Å²) in [6.07, 6.45) is 6.30. The van der Waals surface area contributed by atoms with Gasteiger partial charge in [0, 0.05) is 22.3 Å². The normalized spacial score (nSPS) is 25.4. The molecule has 0 saturated heterocycles. The summed E-state index contributed by atoms with van der Waals surface area (Å²) in [6.45, 7) is 2.01. The number of pyridine rings is 1. The number of nitrogens with two attached hydrogens (primary N) is 1. The molecule has 1 saturated carbocycles. The van der Waals surface area contributed by atoms with Gasteiger partial charge in [-0.3, -0.25) is 0 Å². The molecule has 4 heteroatoms. The number of hydrogen-bond acceptors (Lipinski definition) is 3. The van der Waals surface area contributed by atoms with E-state index in [2.05, 4.69) is 20.9 Å². The first kappa shape index (κ1) is 11.9. The van der Waals surface area contributed by atoms with E-state index in [0.717, 1.165) is 41.6 Å².